The van der Waals surface area contributed by atoms with Crippen LogP contribution in [0.4, 0.5) is 0 Å². The van der Waals surface area contributed by atoms with Crippen LogP contribution in [-0.2, 0) is 0 Å². The molecule has 0 aliphatic heterocycles. The van der Waals surface area contributed by atoms with Crippen LogP contribution in [0.25, 0.3) is 0 Å². The van der Waals surface area contributed by atoms with Gasteiger partial charge in [-0.05, 0) is 40.5 Å². The summed E-state index contributed by atoms with van der Waals surface area (Å²) in [5.41, 5.74) is 0. The number of hydrogen-bond acceptors (Lipinski definition) is 0. The first kappa shape index (κ1) is 17.4. The molecule has 0 amide bonds. The molecule has 0 aliphatic carbocycles. The molecular formula is C22H21IP+. The van der Waals surface area contributed by atoms with E-state index in [4.69, 9.17) is 0 Å². The molecule has 0 spiro atoms. The predicted octanol–water partition coefficient (Wildman–Crippen LogP) is 5.32. The zero-order valence-electron chi connectivity index (χ0n) is 13.6. The van der Waals surface area contributed by atoms with Gasteiger partial charge in [-0.25, -0.2) is 0 Å². The van der Waals surface area contributed by atoms with Crippen molar-refractivity contribution < 1.29 is 0 Å². The van der Waals surface area contributed by atoms with Gasteiger partial charge < -0.3 is 0 Å². The molecule has 0 atom stereocenters. The van der Waals surface area contributed by atoms with E-state index < -0.39 is 7.26 Å². The molecule has 24 heavy (non-hydrogen) atoms. The third kappa shape index (κ3) is 3.63. The minimum absolute atomic E-state index is 1.09. The minimum atomic E-state index is -1.64. The fraction of sp³-hybridized carbons (Fsp3) is 0.0909. The van der Waals surface area contributed by atoms with E-state index >= 15 is 0 Å². The van der Waals surface area contributed by atoms with Crippen LogP contribution in [0, 0.1) is 0 Å². The van der Waals surface area contributed by atoms with Gasteiger partial charge in [0.05, 0.1) is 6.16 Å². The molecule has 0 radical (unpaired) electrons. The second-order valence-electron chi connectivity index (χ2n) is 5.69. The zero-order valence-corrected chi connectivity index (χ0v) is 16.6. The average molecular weight is 443 g/mol. The molecule has 0 bridgehead atoms. The van der Waals surface area contributed by atoms with Crippen molar-refractivity contribution in [2.45, 2.75) is 6.42 Å². The van der Waals surface area contributed by atoms with Crippen LogP contribution in [0.1, 0.15) is 6.42 Å². The maximum atomic E-state index is 2.31. The molecule has 120 valence electrons. The SMILES string of the molecule is I/C=C\CC[P+](c1ccccc1)(c1ccccc1)c1ccccc1. The van der Waals surface area contributed by atoms with E-state index in [0.717, 1.165) is 12.6 Å². The van der Waals surface area contributed by atoms with Crippen molar-refractivity contribution in [1.29, 1.82) is 0 Å². The van der Waals surface area contributed by atoms with Gasteiger partial charge in [-0.15, -0.1) is 0 Å². The zero-order chi connectivity index (χ0) is 16.7. The van der Waals surface area contributed by atoms with E-state index in [1.807, 2.05) is 0 Å². The summed E-state index contributed by atoms with van der Waals surface area (Å²) >= 11 is 2.31. The number of hydrogen-bond donors (Lipinski definition) is 0. The Morgan fingerprint density at radius 1 is 0.625 bits per heavy atom. The first-order valence-corrected chi connectivity index (χ1v) is 11.4. The van der Waals surface area contributed by atoms with Crippen molar-refractivity contribution in [3.8, 4) is 0 Å². The van der Waals surface area contributed by atoms with Gasteiger partial charge in [0.25, 0.3) is 0 Å². The van der Waals surface area contributed by atoms with Crippen LogP contribution < -0.4 is 15.9 Å². The Morgan fingerprint density at radius 3 is 1.33 bits per heavy atom. The molecule has 0 aromatic heterocycles. The first-order chi connectivity index (χ1) is 11.9. The monoisotopic (exact) mass is 443 g/mol. The van der Waals surface area contributed by atoms with Gasteiger partial charge >= 0.3 is 0 Å². The van der Waals surface area contributed by atoms with E-state index in [-0.39, 0.29) is 0 Å². The van der Waals surface area contributed by atoms with E-state index in [1.54, 1.807) is 0 Å². The van der Waals surface area contributed by atoms with Crippen molar-refractivity contribution >= 4 is 45.8 Å². The lowest BCUT2D eigenvalue weighted by molar-refractivity contribution is 1.23. The van der Waals surface area contributed by atoms with Crippen LogP contribution >= 0.6 is 29.9 Å². The smallest absolute Gasteiger partial charge is 0.0748 e. The Bertz CT molecular complexity index is 670. The van der Waals surface area contributed by atoms with Gasteiger partial charge in [-0.2, -0.15) is 0 Å². The maximum absolute atomic E-state index is 2.31. The molecule has 0 fully saturated rings. The third-order valence-electron chi connectivity index (χ3n) is 4.31. The van der Waals surface area contributed by atoms with Gasteiger partial charge in [0.2, 0.25) is 0 Å². The van der Waals surface area contributed by atoms with Crippen molar-refractivity contribution in [2.24, 2.45) is 0 Å². The van der Waals surface area contributed by atoms with Crippen molar-refractivity contribution in [3.05, 3.63) is 101 Å². The summed E-state index contributed by atoms with van der Waals surface area (Å²) in [5.74, 6) is 0. The largest absolute Gasteiger partial charge is 0.112 e. The molecule has 0 unspecified atom stereocenters. The highest BCUT2D eigenvalue weighted by Crippen LogP contribution is 2.55. The Balaban J connectivity index is 2.24. The molecule has 3 aromatic carbocycles. The van der Waals surface area contributed by atoms with Gasteiger partial charge in [-0.3, -0.25) is 0 Å². The summed E-state index contributed by atoms with van der Waals surface area (Å²) in [5, 5.41) is 4.39. The Kier molecular flexibility index (Phi) is 6.23. The van der Waals surface area contributed by atoms with E-state index in [0.29, 0.717) is 0 Å². The molecule has 3 aromatic rings. The highest BCUT2D eigenvalue weighted by molar-refractivity contribution is 14.1. The Morgan fingerprint density at radius 2 is 1.00 bits per heavy atom. The van der Waals surface area contributed by atoms with Gasteiger partial charge in [0, 0.05) is 6.42 Å². The molecule has 0 N–H and O–H groups in total. The highest BCUT2D eigenvalue weighted by atomic mass is 127. The van der Waals surface area contributed by atoms with Gasteiger partial charge in [0.15, 0.2) is 0 Å². The lowest BCUT2D eigenvalue weighted by atomic mass is 10.3. The number of allylic oxidation sites excluding steroid dienone is 1. The summed E-state index contributed by atoms with van der Waals surface area (Å²) in [4.78, 5) is 0. The lowest BCUT2D eigenvalue weighted by Crippen LogP contribution is -2.33. The highest BCUT2D eigenvalue weighted by Gasteiger charge is 2.44. The van der Waals surface area contributed by atoms with Gasteiger partial charge in [-0.1, -0.05) is 83.3 Å². The molecule has 2 heteroatoms. The van der Waals surface area contributed by atoms with E-state index in [9.17, 15) is 0 Å². The number of rotatable bonds is 6. The lowest BCUT2D eigenvalue weighted by Gasteiger charge is -2.27. The maximum Gasteiger partial charge on any atom is 0.112 e. The molecule has 3 rings (SSSR count). The van der Waals surface area contributed by atoms with Crippen molar-refractivity contribution in [2.75, 3.05) is 6.16 Å². The summed E-state index contributed by atoms with van der Waals surface area (Å²) in [6.07, 6.45) is 4.53. The molecule has 0 saturated carbocycles. The van der Waals surface area contributed by atoms with Crippen molar-refractivity contribution in [3.63, 3.8) is 0 Å². The van der Waals surface area contributed by atoms with Crippen molar-refractivity contribution in [1.82, 2.24) is 0 Å². The summed E-state index contributed by atoms with van der Waals surface area (Å²) < 4.78 is 2.13. The Hall–Kier alpha value is -1.44. The Labute approximate surface area is 159 Å². The fourth-order valence-corrected chi connectivity index (χ4v) is 7.82. The molecule has 0 heterocycles. The average Bonchev–Trinajstić information content (AvgIpc) is 2.68. The normalized spacial score (nSPS) is 11.7. The number of halogens is 1. The first-order valence-electron chi connectivity index (χ1n) is 8.18. The van der Waals surface area contributed by atoms with E-state index in [1.165, 1.54) is 15.9 Å². The van der Waals surface area contributed by atoms with Gasteiger partial charge in [0.1, 0.15) is 23.2 Å². The second kappa shape index (κ2) is 8.60. The fourth-order valence-electron chi connectivity index (χ4n) is 3.21. The van der Waals surface area contributed by atoms with Crippen LogP contribution in [0.15, 0.2) is 101 Å². The summed E-state index contributed by atoms with van der Waals surface area (Å²) in [6.45, 7) is 0. The predicted molar refractivity (Wildman–Crippen MR) is 118 cm³/mol. The van der Waals surface area contributed by atoms with Crippen LogP contribution in [0.3, 0.4) is 0 Å². The molecular weight excluding hydrogens is 422 g/mol. The third-order valence-corrected chi connectivity index (χ3v) is 9.29. The standard InChI is InChI=1S/C22H21IP/c23-18-10-11-19-24(20-12-4-1-5-13-20,21-14-6-2-7-15-21)22-16-8-3-9-17-22/h1-10,12-18H,11,19H2/q+1/b18-10-. The number of benzene rings is 3. The molecule has 0 nitrogen and oxygen atoms in total. The van der Waals surface area contributed by atoms with Crippen LogP contribution in [-0.4, -0.2) is 6.16 Å². The molecule has 0 saturated heterocycles. The summed E-state index contributed by atoms with van der Waals surface area (Å²) in [6, 6.07) is 33.2. The summed E-state index contributed by atoms with van der Waals surface area (Å²) in [7, 11) is -1.64. The topological polar surface area (TPSA) is 0 Å². The quantitative estimate of drug-likeness (QED) is 0.358. The van der Waals surface area contributed by atoms with Crippen LogP contribution in [0.5, 0.6) is 0 Å². The molecule has 0 aliphatic rings. The second-order valence-corrected chi connectivity index (χ2v) is 10.0. The van der Waals surface area contributed by atoms with Crippen LogP contribution in [0.2, 0.25) is 0 Å². The van der Waals surface area contributed by atoms with E-state index in [2.05, 4.69) is 124 Å². The minimum Gasteiger partial charge on any atom is -0.0748 e.